The number of anilines is 3. The van der Waals surface area contributed by atoms with Crippen LogP contribution < -0.4 is 4.90 Å². The largest absolute Gasteiger partial charge is 0.310 e. The third-order valence-electron chi connectivity index (χ3n) is 15.6. The Morgan fingerprint density at radius 2 is 1.00 bits per heavy atom. The van der Waals surface area contributed by atoms with Gasteiger partial charge in [0.25, 0.3) is 0 Å². The van der Waals surface area contributed by atoms with Crippen molar-refractivity contribution in [3.8, 4) is 55.6 Å². The highest BCUT2D eigenvalue weighted by atomic mass is 15.1. The molecule has 2 atom stereocenters. The molecule has 0 aromatic heterocycles. The Bertz CT molecular complexity index is 3570. The van der Waals surface area contributed by atoms with Crippen LogP contribution in [0.3, 0.4) is 0 Å². The molecule has 70 heavy (non-hydrogen) atoms. The topological polar surface area (TPSA) is 3.24 Å². The molecule has 0 spiro atoms. The van der Waals surface area contributed by atoms with Crippen LogP contribution in [-0.4, -0.2) is 0 Å². The number of rotatable bonds is 7. The highest BCUT2D eigenvalue weighted by Crippen LogP contribution is 2.60. The van der Waals surface area contributed by atoms with Crippen LogP contribution in [0.15, 0.2) is 242 Å². The van der Waals surface area contributed by atoms with E-state index in [2.05, 4.69) is 262 Å². The molecule has 1 nitrogen and oxygen atoms in total. The maximum absolute atomic E-state index is 2.59. The Hall–Kier alpha value is -8.00. The summed E-state index contributed by atoms with van der Waals surface area (Å²) in [7, 11) is 0. The van der Waals surface area contributed by atoms with E-state index in [-0.39, 0.29) is 11.3 Å². The van der Waals surface area contributed by atoms with Crippen LogP contribution in [-0.2, 0) is 10.8 Å². The lowest BCUT2D eigenvalue weighted by Crippen LogP contribution is -2.29. The number of hydrogen-bond acceptors (Lipinski definition) is 1. The van der Waals surface area contributed by atoms with Crippen LogP contribution in [0, 0.1) is 0 Å². The highest BCUT2D eigenvalue weighted by molar-refractivity contribution is 5.98. The zero-order chi connectivity index (χ0) is 47.6. The Morgan fingerprint density at radius 1 is 0.429 bits per heavy atom. The minimum atomic E-state index is -0.579. The van der Waals surface area contributed by atoms with E-state index in [4.69, 9.17) is 0 Å². The van der Waals surface area contributed by atoms with Gasteiger partial charge in [0.2, 0.25) is 0 Å². The van der Waals surface area contributed by atoms with Gasteiger partial charge in [-0.2, -0.15) is 0 Å². The molecule has 2 unspecified atom stereocenters. The zero-order valence-corrected chi connectivity index (χ0v) is 40.7. The predicted molar refractivity (Wildman–Crippen MR) is 297 cm³/mol. The second-order valence-electron chi connectivity index (χ2n) is 19.5. The summed E-state index contributed by atoms with van der Waals surface area (Å²) >= 11 is 0. The first-order valence-electron chi connectivity index (χ1n) is 25.2. The lowest BCUT2D eigenvalue weighted by Gasteiger charge is -2.36. The molecule has 9 aromatic carbocycles. The van der Waals surface area contributed by atoms with Crippen molar-refractivity contribution in [2.45, 2.75) is 57.8 Å². The molecule has 0 heterocycles. The van der Waals surface area contributed by atoms with Gasteiger partial charge in [0, 0.05) is 28.3 Å². The lowest BCUT2D eigenvalue weighted by atomic mass is 9.66. The Balaban J connectivity index is 0.00000249. The smallest absolute Gasteiger partial charge is 0.0714 e. The lowest BCUT2D eigenvalue weighted by molar-refractivity contribution is 0.660. The van der Waals surface area contributed by atoms with Crippen molar-refractivity contribution in [3.63, 3.8) is 0 Å². The molecular formula is C69H57N. The molecule has 0 saturated heterocycles. The Morgan fingerprint density at radius 3 is 1.76 bits per heavy atom. The van der Waals surface area contributed by atoms with E-state index < -0.39 is 5.41 Å². The van der Waals surface area contributed by atoms with Crippen molar-refractivity contribution in [1.82, 2.24) is 0 Å². The van der Waals surface area contributed by atoms with Crippen LogP contribution in [0.4, 0.5) is 17.1 Å². The average molecular weight is 900 g/mol. The fraction of sp³-hybridized carbons (Fsp3) is 0.130. The molecule has 0 amide bonds. The van der Waals surface area contributed by atoms with E-state index in [0.29, 0.717) is 0 Å². The molecule has 0 bridgehead atoms. The summed E-state index contributed by atoms with van der Waals surface area (Å²) in [6.45, 7) is 11.2. The predicted octanol–water partition coefficient (Wildman–Crippen LogP) is 18.7. The van der Waals surface area contributed by atoms with Crippen LogP contribution >= 0.6 is 0 Å². The number of allylic oxidation sites excluding steroid dienone is 6. The van der Waals surface area contributed by atoms with Crippen molar-refractivity contribution in [2.24, 2.45) is 0 Å². The molecule has 1 heteroatoms. The SMILES string of the molecule is CC.CC1c2ccccc2-c2ccc(N(c3ccc4c(c3)C(C)(C)c3ccccc3-4)c3cc4c(cc3-c3ccc(-c5ccccc5)cc3)-c3ccccc3C4(C3=CC=CCC=C3)c3ccccc3)cc21. The fourth-order valence-electron chi connectivity index (χ4n) is 12.3. The Labute approximate surface area is 414 Å². The van der Waals surface area contributed by atoms with Gasteiger partial charge in [-0.15, -0.1) is 0 Å². The van der Waals surface area contributed by atoms with Crippen LogP contribution in [0.5, 0.6) is 0 Å². The van der Waals surface area contributed by atoms with Gasteiger partial charge in [-0.25, -0.2) is 0 Å². The molecular weight excluding hydrogens is 843 g/mol. The van der Waals surface area contributed by atoms with E-state index in [1.54, 1.807) is 0 Å². The molecule has 0 saturated carbocycles. The maximum Gasteiger partial charge on any atom is 0.0714 e. The van der Waals surface area contributed by atoms with Crippen molar-refractivity contribution in [1.29, 1.82) is 0 Å². The summed E-state index contributed by atoms with van der Waals surface area (Å²) in [6, 6.07) is 77.9. The first-order valence-corrected chi connectivity index (χ1v) is 25.2. The summed E-state index contributed by atoms with van der Waals surface area (Å²) < 4.78 is 0. The second-order valence-corrected chi connectivity index (χ2v) is 19.5. The van der Waals surface area contributed by atoms with Gasteiger partial charge < -0.3 is 4.90 Å². The summed E-state index contributed by atoms with van der Waals surface area (Å²) in [6.07, 6.45) is 12.5. The average Bonchev–Trinajstić information content (AvgIpc) is 3.82. The Kier molecular flexibility index (Phi) is 10.6. The molecule has 0 aliphatic heterocycles. The van der Waals surface area contributed by atoms with Gasteiger partial charge in [0.1, 0.15) is 0 Å². The molecule has 4 aliphatic rings. The second kappa shape index (κ2) is 17.2. The number of nitrogens with zero attached hydrogens (tertiary/aromatic N) is 1. The van der Waals surface area contributed by atoms with E-state index in [1.165, 1.54) is 100 Å². The minimum Gasteiger partial charge on any atom is -0.310 e. The molecule has 338 valence electrons. The van der Waals surface area contributed by atoms with Crippen molar-refractivity contribution in [2.75, 3.05) is 4.90 Å². The quantitative estimate of drug-likeness (QED) is 0.154. The first kappa shape index (κ1) is 43.3. The normalized spacial score (nSPS) is 17.2. The highest BCUT2D eigenvalue weighted by Gasteiger charge is 2.48. The first-order chi connectivity index (χ1) is 34.4. The van der Waals surface area contributed by atoms with E-state index in [0.717, 1.165) is 23.5 Å². The van der Waals surface area contributed by atoms with Gasteiger partial charge in [-0.05, 0) is 137 Å². The number of benzene rings is 9. The summed E-state index contributed by atoms with van der Waals surface area (Å²) in [5.74, 6) is 0.267. The van der Waals surface area contributed by atoms with E-state index >= 15 is 0 Å². The maximum atomic E-state index is 2.59. The molecule has 0 N–H and O–H groups in total. The van der Waals surface area contributed by atoms with Gasteiger partial charge >= 0.3 is 0 Å². The third kappa shape index (κ3) is 6.59. The molecule has 4 aliphatic carbocycles. The number of hydrogen-bond donors (Lipinski definition) is 0. The minimum absolute atomic E-state index is 0.175. The zero-order valence-electron chi connectivity index (χ0n) is 40.7. The summed E-state index contributed by atoms with van der Waals surface area (Å²) in [5.41, 5.74) is 25.9. The summed E-state index contributed by atoms with van der Waals surface area (Å²) in [5, 5.41) is 0. The van der Waals surface area contributed by atoms with Gasteiger partial charge in [-0.1, -0.05) is 235 Å². The standard InChI is InChI=1S/C67H51N.C2H6/c1-44-52-26-14-15-27-53(52)54-38-36-50(40-58(44)54)68(51-37-39-57-55-28-16-18-30-61(55)66(2,3)63(57)41-51)65-43-64-60(42-59(65)47-34-32-46(33-35-47)45-20-8-6-9-21-45)56-29-17-19-31-62(56)67(64,49-24-12-7-13-25-49)48-22-10-4-5-11-23-48;1-2/h4,6-44H,5H2,1-3H3;1-2H3. The van der Waals surface area contributed by atoms with Crippen LogP contribution in [0.1, 0.15) is 85.9 Å². The van der Waals surface area contributed by atoms with E-state index in [9.17, 15) is 0 Å². The van der Waals surface area contributed by atoms with Gasteiger partial charge in [0.15, 0.2) is 0 Å². The van der Waals surface area contributed by atoms with Gasteiger partial charge in [0.05, 0.1) is 11.1 Å². The van der Waals surface area contributed by atoms with E-state index in [1.807, 2.05) is 13.8 Å². The van der Waals surface area contributed by atoms with Crippen molar-refractivity contribution < 1.29 is 0 Å². The van der Waals surface area contributed by atoms with Crippen LogP contribution in [0.25, 0.3) is 55.6 Å². The molecule has 13 rings (SSSR count). The monoisotopic (exact) mass is 899 g/mol. The third-order valence-corrected chi connectivity index (χ3v) is 15.6. The van der Waals surface area contributed by atoms with Gasteiger partial charge in [-0.3, -0.25) is 0 Å². The van der Waals surface area contributed by atoms with Crippen molar-refractivity contribution in [3.05, 3.63) is 281 Å². The van der Waals surface area contributed by atoms with Crippen molar-refractivity contribution >= 4 is 17.1 Å². The molecule has 9 aromatic rings. The van der Waals surface area contributed by atoms with Crippen LogP contribution in [0.2, 0.25) is 0 Å². The molecule has 0 fully saturated rings. The summed E-state index contributed by atoms with van der Waals surface area (Å²) in [4.78, 5) is 2.59. The number of fused-ring (bicyclic) bond motifs is 9. The fourth-order valence-corrected chi connectivity index (χ4v) is 12.3. The molecule has 0 radical (unpaired) electrons.